The Bertz CT molecular complexity index is 1440. The highest BCUT2D eigenvalue weighted by atomic mass is 32.2. The Kier molecular flexibility index (Phi) is 5.13. The third-order valence-electron chi connectivity index (χ3n) is 4.65. The molecule has 0 aliphatic heterocycles. The smallest absolute Gasteiger partial charge is 0.261 e. The van der Waals surface area contributed by atoms with Crippen LogP contribution in [-0.4, -0.2) is 52.5 Å². The Balaban J connectivity index is 1.66. The van der Waals surface area contributed by atoms with Crippen LogP contribution < -0.4 is 10.9 Å². The second-order valence-electron chi connectivity index (χ2n) is 6.81. The number of sulfonamides is 1. The quantitative estimate of drug-likeness (QED) is 0.487. The van der Waals surface area contributed by atoms with Crippen molar-refractivity contribution in [1.29, 1.82) is 0 Å². The summed E-state index contributed by atoms with van der Waals surface area (Å²) in [5.74, 6) is -0.427. The molecule has 2 heterocycles. The number of nitrogens with zero attached hydrogens (tertiary/aromatic N) is 4. The summed E-state index contributed by atoms with van der Waals surface area (Å²) in [6, 6.07) is 12.6. The minimum atomic E-state index is -3.58. The number of H-pyrrole nitrogens is 1. The topological polar surface area (TPSA) is 130 Å². The number of aromatic amines is 1. The van der Waals surface area contributed by atoms with Crippen LogP contribution in [0.3, 0.4) is 0 Å². The summed E-state index contributed by atoms with van der Waals surface area (Å²) in [5.41, 5.74) is 1.29. The predicted molar refractivity (Wildman–Crippen MR) is 115 cm³/mol. The van der Waals surface area contributed by atoms with Crippen molar-refractivity contribution in [2.75, 3.05) is 19.4 Å². The van der Waals surface area contributed by atoms with Gasteiger partial charge in [0.15, 0.2) is 5.65 Å². The lowest BCUT2D eigenvalue weighted by Gasteiger charge is -2.13. The Hall–Kier alpha value is -3.83. The molecule has 0 aliphatic carbocycles. The largest absolute Gasteiger partial charge is 0.320 e. The van der Waals surface area contributed by atoms with Gasteiger partial charge in [0.1, 0.15) is 5.39 Å². The third-order valence-corrected chi connectivity index (χ3v) is 6.48. The molecular weight excluding hydrogens is 420 g/mol. The van der Waals surface area contributed by atoms with E-state index in [-0.39, 0.29) is 16.0 Å². The maximum absolute atomic E-state index is 12.8. The van der Waals surface area contributed by atoms with Gasteiger partial charge in [0.05, 0.1) is 28.8 Å². The van der Waals surface area contributed by atoms with Gasteiger partial charge in [-0.1, -0.05) is 12.1 Å². The first-order valence-corrected chi connectivity index (χ1v) is 10.6. The van der Waals surface area contributed by atoms with E-state index in [1.165, 1.54) is 55.6 Å². The van der Waals surface area contributed by atoms with Crippen LogP contribution in [0.5, 0.6) is 0 Å². The number of amides is 1. The van der Waals surface area contributed by atoms with Gasteiger partial charge in [0, 0.05) is 19.7 Å². The number of carbonyl (C=O) groups excluding carboxylic acids is 1. The van der Waals surface area contributed by atoms with Crippen LogP contribution in [0.25, 0.3) is 16.7 Å². The van der Waals surface area contributed by atoms with Gasteiger partial charge >= 0.3 is 0 Å². The molecule has 4 rings (SSSR count). The number of nitrogens with one attached hydrogen (secondary N) is 2. The summed E-state index contributed by atoms with van der Waals surface area (Å²) in [6.45, 7) is 0. The van der Waals surface area contributed by atoms with Gasteiger partial charge in [-0.05, 0) is 36.4 Å². The SMILES string of the molecule is CN(C)S(=O)(=O)c1ccc(C(=O)Nc2ccccc2-n2ncc3c(=O)[nH]cnc32)cc1. The van der Waals surface area contributed by atoms with Crippen LogP contribution in [0.4, 0.5) is 5.69 Å². The molecule has 0 radical (unpaired) electrons. The number of para-hydroxylation sites is 2. The van der Waals surface area contributed by atoms with Crippen LogP contribution in [0.2, 0.25) is 0 Å². The lowest BCUT2D eigenvalue weighted by atomic mass is 10.2. The van der Waals surface area contributed by atoms with Gasteiger partial charge in [-0.25, -0.2) is 22.4 Å². The maximum Gasteiger partial charge on any atom is 0.261 e. The first-order chi connectivity index (χ1) is 14.8. The second-order valence-corrected chi connectivity index (χ2v) is 8.96. The predicted octanol–water partition coefficient (Wildman–Crippen LogP) is 1.61. The van der Waals surface area contributed by atoms with E-state index in [1.807, 2.05) is 0 Å². The fourth-order valence-corrected chi connectivity index (χ4v) is 3.88. The maximum atomic E-state index is 12.8. The fraction of sp³-hybridized carbons (Fsp3) is 0.100. The standard InChI is InChI=1S/C20H18N6O4S/c1-25(2)31(29,30)14-9-7-13(8-10-14)19(27)24-16-5-3-4-6-17(16)26-18-15(11-23-26)20(28)22-12-21-18/h3-12H,1-2H3,(H,24,27)(H,21,22,28). The van der Waals surface area contributed by atoms with Crippen LogP contribution in [0, 0.1) is 0 Å². The highest BCUT2D eigenvalue weighted by Gasteiger charge is 2.18. The Morgan fingerprint density at radius 1 is 1.10 bits per heavy atom. The number of carbonyl (C=O) groups is 1. The number of anilines is 1. The molecule has 0 spiro atoms. The Labute approximate surface area is 177 Å². The van der Waals surface area contributed by atoms with E-state index in [2.05, 4.69) is 20.4 Å². The van der Waals surface area contributed by atoms with Crippen molar-refractivity contribution < 1.29 is 13.2 Å². The van der Waals surface area contributed by atoms with E-state index >= 15 is 0 Å². The molecule has 2 N–H and O–H groups in total. The Morgan fingerprint density at radius 3 is 2.52 bits per heavy atom. The van der Waals surface area contributed by atoms with E-state index < -0.39 is 15.9 Å². The van der Waals surface area contributed by atoms with E-state index in [4.69, 9.17) is 0 Å². The molecule has 2 aromatic heterocycles. The summed E-state index contributed by atoms with van der Waals surface area (Å²) in [5, 5.41) is 7.36. The number of hydrogen-bond acceptors (Lipinski definition) is 6. The molecule has 1 amide bonds. The summed E-state index contributed by atoms with van der Waals surface area (Å²) in [4.78, 5) is 31.5. The van der Waals surface area contributed by atoms with E-state index in [9.17, 15) is 18.0 Å². The first kappa shape index (κ1) is 20.4. The number of rotatable bonds is 5. The lowest BCUT2D eigenvalue weighted by Crippen LogP contribution is -2.22. The highest BCUT2D eigenvalue weighted by Crippen LogP contribution is 2.23. The molecule has 0 saturated heterocycles. The van der Waals surface area contributed by atoms with Crippen molar-refractivity contribution in [1.82, 2.24) is 24.1 Å². The first-order valence-electron chi connectivity index (χ1n) is 9.14. The van der Waals surface area contributed by atoms with Crippen molar-refractivity contribution in [3.63, 3.8) is 0 Å². The fourth-order valence-electron chi connectivity index (χ4n) is 2.98. The van der Waals surface area contributed by atoms with Crippen molar-refractivity contribution in [2.45, 2.75) is 4.90 Å². The van der Waals surface area contributed by atoms with Gasteiger partial charge in [-0.3, -0.25) is 9.59 Å². The molecule has 4 aromatic rings. The molecule has 0 unspecified atom stereocenters. The molecule has 158 valence electrons. The zero-order valence-electron chi connectivity index (χ0n) is 16.6. The molecule has 0 saturated carbocycles. The van der Waals surface area contributed by atoms with E-state index in [0.29, 0.717) is 22.4 Å². The zero-order chi connectivity index (χ0) is 22.2. The summed E-state index contributed by atoms with van der Waals surface area (Å²) in [7, 11) is -0.706. The second kappa shape index (κ2) is 7.78. The molecule has 0 atom stereocenters. The average Bonchev–Trinajstić information content (AvgIpc) is 3.19. The van der Waals surface area contributed by atoms with Crippen molar-refractivity contribution in [3.8, 4) is 5.69 Å². The van der Waals surface area contributed by atoms with Crippen LogP contribution in [-0.2, 0) is 10.0 Å². The van der Waals surface area contributed by atoms with Gasteiger partial charge in [-0.15, -0.1) is 0 Å². The minimum absolute atomic E-state index is 0.0914. The lowest BCUT2D eigenvalue weighted by molar-refractivity contribution is 0.102. The molecule has 10 nitrogen and oxygen atoms in total. The third kappa shape index (κ3) is 3.71. The molecule has 31 heavy (non-hydrogen) atoms. The van der Waals surface area contributed by atoms with Crippen LogP contribution >= 0.6 is 0 Å². The van der Waals surface area contributed by atoms with Crippen molar-refractivity contribution in [3.05, 3.63) is 77.0 Å². The summed E-state index contributed by atoms with van der Waals surface area (Å²) >= 11 is 0. The van der Waals surface area contributed by atoms with Crippen LogP contribution in [0.1, 0.15) is 10.4 Å². The van der Waals surface area contributed by atoms with Gasteiger partial charge in [0.2, 0.25) is 10.0 Å². The molecule has 0 fully saturated rings. The molecule has 2 aromatic carbocycles. The number of hydrogen-bond donors (Lipinski definition) is 2. The summed E-state index contributed by atoms with van der Waals surface area (Å²) in [6.07, 6.45) is 2.69. The van der Waals surface area contributed by atoms with Crippen LogP contribution in [0.15, 0.2) is 70.7 Å². The van der Waals surface area contributed by atoms with Gasteiger partial charge in [-0.2, -0.15) is 5.10 Å². The van der Waals surface area contributed by atoms with E-state index in [0.717, 1.165) is 4.31 Å². The van der Waals surface area contributed by atoms with E-state index in [1.54, 1.807) is 24.3 Å². The minimum Gasteiger partial charge on any atom is -0.320 e. The molecule has 0 bridgehead atoms. The summed E-state index contributed by atoms with van der Waals surface area (Å²) < 4.78 is 27.0. The number of fused-ring (bicyclic) bond motifs is 1. The molecule has 0 aliphatic rings. The normalized spacial score (nSPS) is 11.7. The van der Waals surface area contributed by atoms with Crippen molar-refractivity contribution in [2.24, 2.45) is 0 Å². The van der Waals surface area contributed by atoms with Crippen molar-refractivity contribution >= 4 is 32.7 Å². The Morgan fingerprint density at radius 2 is 1.81 bits per heavy atom. The molecular formula is C20H18N6O4S. The number of benzene rings is 2. The average molecular weight is 438 g/mol. The molecule has 11 heteroatoms. The van der Waals surface area contributed by atoms with Gasteiger partial charge < -0.3 is 10.3 Å². The number of aromatic nitrogens is 4. The monoisotopic (exact) mass is 438 g/mol. The highest BCUT2D eigenvalue weighted by molar-refractivity contribution is 7.89. The van der Waals surface area contributed by atoms with Gasteiger partial charge in [0.25, 0.3) is 11.5 Å². The zero-order valence-corrected chi connectivity index (χ0v) is 17.4.